The van der Waals surface area contributed by atoms with Crippen LogP contribution in [0.3, 0.4) is 0 Å². The van der Waals surface area contributed by atoms with Gasteiger partial charge in [0.25, 0.3) is 0 Å². The van der Waals surface area contributed by atoms with Gasteiger partial charge in [0, 0.05) is 38.0 Å². The van der Waals surface area contributed by atoms with E-state index in [4.69, 9.17) is 14.2 Å². The molecule has 7 nitrogen and oxygen atoms in total. The number of methoxy groups -OCH3 is 2. The second kappa shape index (κ2) is 10.5. The Kier molecular flexibility index (Phi) is 7.55. The van der Waals surface area contributed by atoms with Crippen LogP contribution in [-0.2, 0) is 13.1 Å². The van der Waals surface area contributed by atoms with E-state index >= 15 is 0 Å². The first-order valence-electron chi connectivity index (χ1n) is 9.99. The van der Waals surface area contributed by atoms with Crippen LogP contribution in [0.4, 0.5) is 0 Å². The van der Waals surface area contributed by atoms with E-state index in [2.05, 4.69) is 26.7 Å². The van der Waals surface area contributed by atoms with Crippen LogP contribution >= 0.6 is 0 Å². The number of hydrogen-bond acceptors (Lipinski definition) is 5. The summed E-state index contributed by atoms with van der Waals surface area (Å²) in [5.41, 5.74) is 2.09. The molecule has 0 unspecified atom stereocenters. The van der Waals surface area contributed by atoms with Gasteiger partial charge in [-0.1, -0.05) is 18.2 Å². The first kappa shape index (κ1) is 20.8. The Hall–Kier alpha value is -2.96. The van der Waals surface area contributed by atoms with Crippen molar-refractivity contribution in [2.24, 2.45) is 4.99 Å². The van der Waals surface area contributed by atoms with Crippen molar-refractivity contribution in [1.29, 1.82) is 0 Å². The van der Waals surface area contributed by atoms with Gasteiger partial charge in [-0.05, 0) is 37.3 Å². The zero-order chi connectivity index (χ0) is 20.5. The number of aliphatic imine (C=N–C) groups is 1. The predicted molar refractivity (Wildman–Crippen MR) is 114 cm³/mol. The van der Waals surface area contributed by atoms with E-state index in [-0.39, 0.29) is 6.10 Å². The highest BCUT2D eigenvalue weighted by molar-refractivity contribution is 5.79. The summed E-state index contributed by atoms with van der Waals surface area (Å²) in [7, 11) is 5.04. The molecule has 0 saturated heterocycles. The van der Waals surface area contributed by atoms with E-state index in [1.807, 2.05) is 24.3 Å². The minimum Gasteiger partial charge on any atom is -0.493 e. The van der Waals surface area contributed by atoms with Crippen LogP contribution in [0, 0.1) is 0 Å². The first-order valence-corrected chi connectivity index (χ1v) is 9.99. The van der Waals surface area contributed by atoms with Crippen LogP contribution < -0.4 is 24.8 Å². The molecule has 0 bridgehead atoms. The highest BCUT2D eigenvalue weighted by Crippen LogP contribution is 2.34. The lowest BCUT2D eigenvalue weighted by Crippen LogP contribution is -2.36. The normalized spacial score (nSPS) is 14.5. The third-order valence-corrected chi connectivity index (χ3v) is 5.00. The third-order valence-electron chi connectivity index (χ3n) is 5.00. The quantitative estimate of drug-likeness (QED) is 0.525. The van der Waals surface area contributed by atoms with Gasteiger partial charge < -0.3 is 24.8 Å². The van der Waals surface area contributed by atoms with Crippen LogP contribution in [0.25, 0.3) is 0 Å². The molecule has 1 saturated carbocycles. The topological polar surface area (TPSA) is 77.0 Å². The van der Waals surface area contributed by atoms with Gasteiger partial charge in [0.05, 0.1) is 20.3 Å². The van der Waals surface area contributed by atoms with Gasteiger partial charge in [0.15, 0.2) is 17.5 Å². The number of guanidine groups is 1. The number of nitrogens with one attached hydrogen (secondary N) is 2. The van der Waals surface area contributed by atoms with Gasteiger partial charge >= 0.3 is 0 Å². The summed E-state index contributed by atoms with van der Waals surface area (Å²) in [6.07, 6.45) is 6.71. The van der Waals surface area contributed by atoms with Crippen molar-refractivity contribution >= 4 is 5.96 Å². The van der Waals surface area contributed by atoms with Crippen LogP contribution in [0.2, 0.25) is 0 Å². The smallest absolute Gasteiger partial charge is 0.212 e. The SMILES string of the molecule is CN=C(NCc1ccc(OC)nc1)NCc1cccc(OC)c1OC1CCCC1. The monoisotopic (exact) mass is 398 g/mol. The molecule has 1 aromatic heterocycles. The van der Waals surface area contributed by atoms with Crippen LogP contribution in [-0.4, -0.2) is 38.3 Å². The lowest BCUT2D eigenvalue weighted by molar-refractivity contribution is 0.198. The molecule has 0 amide bonds. The summed E-state index contributed by atoms with van der Waals surface area (Å²) in [6, 6.07) is 9.80. The van der Waals surface area contributed by atoms with Crippen LogP contribution in [0.15, 0.2) is 41.5 Å². The number of pyridine rings is 1. The van der Waals surface area contributed by atoms with Gasteiger partial charge in [-0.15, -0.1) is 0 Å². The summed E-state index contributed by atoms with van der Waals surface area (Å²) >= 11 is 0. The summed E-state index contributed by atoms with van der Waals surface area (Å²) in [6.45, 7) is 1.19. The molecule has 7 heteroatoms. The Labute approximate surface area is 172 Å². The highest BCUT2D eigenvalue weighted by Gasteiger charge is 2.20. The molecule has 1 aliphatic rings. The lowest BCUT2D eigenvalue weighted by atomic mass is 10.1. The van der Waals surface area contributed by atoms with Crippen molar-refractivity contribution in [1.82, 2.24) is 15.6 Å². The molecule has 1 fully saturated rings. The minimum absolute atomic E-state index is 0.269. The molecule has 0 radical (unpaired) electrons. The maximum Gasteiger partial charge on any atom is 0.212 e. The average Bonchev–Trinajstić information content (AvgIpc) is 3.28. The number of benzene rings is 1. The van der Waals surface area contributed by atoms with E-state index < -0.39 is 0 Å². The Morgan fingerprint density at radius 1 is 1.07 bits per heavy atom. The van der Waals surface area contributed by atoms with E-state index in [9.17, 15) is 0 Å². The van der Waals surface area contributed by atoms with Crippen LogP contribution in [0.1, 0.15) is 36.8 Å². The number of hydrogen-bond donors (Lipinski definition) is 2. The molecule has 1 aromatic carbocycles. The average molecular weight is 399 g/mol. The fourth-order valence-electron chi connectivity index (χ4n) is 3.39. The van der Waals surface area contributed by atoms with Crippen molar-refractivity contribution in [2.45, 2.75) is 44.9 Å². The van der Waals surface area contributed by atoms with Gasteiger partial charge in [0.1, 0.15) is 0 Å². The standard InChI is InChI=1S/C22H30N4O3/c1-23-22(25-14-16-11-12-20(28-3)24-13-16)26-15-17-7-6-10-19(27-2)21(17)29-18-8-4-5-9-18/h6-7,10-13,18H,4-5,8-9,14-15H2,1-3H3,(H2,23,25,26). The third kappa shape index (κ3) is 5.76. The molecule has 3 rings (SSSR count). The summed E-state index contributed by atoms with van der Waals surface area (Å²) in [5.74, 6) is 2.90. The zero-order valence-electron chi connectivity index (χ0n) is 17.4. The molecular weight excluding hydrogens is 368 g/mol. The Balaban J connectivity index is 1.60. The van der Waals surface area contributed by atoms with E-state index in [1.54, 1.807) is 27.5 Å². The number of rotatable bonds is 8. The van der Waals surface area contributed by atoms with Crippen molar-refractivity contribution in [3.05, 3.63) is 47.7 Å². The maximum absolute atomic E-state index is 6.30. The minimum atomic E-state index is 0.269. The van der Waals surface area contributed by atoms with Gasteiger partial charge in [-0.3, -0.25) is 4.99 Å². The molecular formula is C22H30N4O3. The Bertz CT molecular complexity index is 802. The van der Waals surface area contributed by atoms with Crippen LogP contribution in [0.5, 0.6) is 17.4 Å². The molecule has 1 aliphatic carbocycles. The predicted octanol–water partition coefficient (Wildman–Crippen LogP) is 3.29. The van der Waals surface area contributed by atoms with Crippen molar-refractivity contribution in [3.8, 4) is 17.4 Å². The molecule has 0 atom stereocenters. The van der Waals surface area contributed by atoms with Crippen molar-refractivity contribution in [2.75, 3.05) is 21.3 Å². The molecule has 2 N–H and O–H groups in total. The zero-order valence-corrected chi connectivity index (χ0v) is 17.4. The fourth-order valence-corrected chi connectivity index (χ4v) is 3.39. The van der Waals surface area contributed by atoms with E-state index in [0.717, 1.165) is 35.5 Å². The molecule has 0 spiro atoms. The van der Waals surface area contributed by atoms with E-state index in [1.165, 1.54) is 12.8 Å². The first-order chi connectivity index (χ1) is 14.2. The largest absolute Gasteiger partial charge is 0.493 e. The molecule has 1 heterocycles. The van der Waals surface area contributed by atoms with Gasteiger partial charge in [-0.2, -0.15) is 0 Å². The summed E-state index contributed by atoms with van der Waals surface area (Å²) in [5, 5.41) is 6.65. The number of ether oxygens (including phenoxy) is 3. The van der Waals surface area contributed by atoms with Gasteiger partial charge in [0.2, 0.25) is 5.88 Å². The highest BCUT2D eigenvalue weighted by atomic mass is 16.5. The lowest BCUT2D eigenvalue weighted by Gasteiger charge is -2.20. The summed E-state index contributed by atoms with van der Waals surface area (Å²) in [4.78, 5) is 8.53. The number of para-hydroxylation sites is 1. The number of aromatic nitrogens is 1. The second-order valence-corrected chi connectivity index (χ2v) is 6.96. The Morgan fingerprint density at radius 2 is 1.86 bits per heavy atom. The Morgan fingerprint density at radius 3 is 2.52 bits per heavy atom. The fraction of sp³-hybridized carbons (Fsp3) is 0.455. The molecule has 29 heavy (non-hydrogen) atoms. The second-order valence-electron chi connectivity index (χ2n) is 6.96. The molecule has 2 aromatic rings. The molecule has 156 valence electrons. The maximum atomic E-state index is 6.30. The number of nitrogens with zero attached hydrogens (tertiary/aromatic N) is 2. The molecule has 0 aliphatic heterocycles. The van der Waals surface area contributed by atoms with Crippen molar-refractivity contribution < 1.29 is 14.2 Å². The van der Waals surface area contributed by atoms with E-state index in [0.29, 0.717) is 24.9 Å². The van der Waals surface area contributed by atoms with Gasteiger partial charge in [-0.25, -0.2) is 4.98 Å². The summed E-state index contributed by atoms with van der Waals surface area (Å²) < 4.78 is 16.9. The van der Waals surface area contributed by atoms with Crippen molar-refractivity contribution in [3.63, 3.8) is 0 Å².